The lowest BCUT2D eigenvalue weighted by atomic mass is 9.97. The minimum absolute atomic E-state index is 0.326. The van der Waals surface area contributed by atoms with E-state index in [0.717, 1.165) is 32.5 Å². The number of piperidine rings is 1. The molecule has 1 saturated heterocycles. The zero-order valence-electron chi connectivity index (χ0n) is 12.2. The fourth-order valence-corrected chi connectivity index (χ4v) is 3.50. The molecule has 1 aromatic carbocycles. The molecule has 4 heteroatoms. The van der Waals surface area contributed by atoms with E-state index in [4.69, 9.17) is 0 Å². The third-order valence-corrected chi connectivity index (χ3v) is 5.03. The quantitative estimate of drug-likeness (QED) is 0.886. The van der Waals surface area contributed by atoms with Crippen LogP contribution in [-0.2, 0) is 6.54 Å². The molecule has 0 aliphatic carbocycles. The van der Waals surface area contributed by atoms with Gasteiger partial charge in [0.05, 0.1) is 11.4 Å². The van der Waals surface area contributed by atoms with Gasteiger partial charge in [0.1, 0.15) is 0 Å². The Morgan fingerprint density at radius 3 is 2.67 bits per heavy atom. The average molecular weight is 302 g/mol. The van der Waals surface area contributed by atoms with Gasteiger partial charge < -0.3 is 15.3 Å². The second-order valence-electron chi connectivity index (χ2n) is 5.56. The Hall–Kier alpha value is -1.52. The smallest absolute Gasteiger partial charge is 0.0602 e. The van der Waals surface area contributed by atoms with Crippen LogP contribution in [0.3, 0.4) is 0 Å². The highest BCUT2D eigenvalue weighted by molar-refractivity contribution is 7.09. The van der Waals surface area contributed by atoms with Crippen molar-refractivity contribution in [3.63, 3.8) is 0 Å². The van der Waals surface area contributed by atoms with E-state index < -0.39 is 0 Å². The summed E-state index contributed by atoms with van der Waals surface area (Å²) < 4.78 is 0. The van der Waals surface area contributed by atoms with Crippen LogP contribution in [0.1, 0.15) is 17.7 Å². The third kappa shape index (κ3) is 3.57. The van der Waals surface area contributed by atoms with E-state index in [9.17, 15) is 5.11 Å². The van der Waals surface area contributed by atoms with E-state index in [1.807, 2.05) is 0 Å². The summed E-state index contributed by atoms with van der Waals surface area (Å²) in [6.45, 7) is 3.26. The van der Waals surface area contributed by atoms with Gasteiger partial charge in [0.15, 0.2) is 0 Å². The van der Waals surface area contributed by atoms with Gasteiger partial charge in [0.2, 0.25) is 0 Å². The second-order valence-corrected chi connectivity index (χ2v) is 6.60. The van der Waals surface area contributed by atoms with Gasteiger partial charge in [0.25, 0.3) is 0 Å². The van der Waals surface area contributed by atoms with Crippen LogP contribution in [-0.4, -0.2) is 24.8 Å². The number of benzene rings is 1. The molecule has 2 aromatic rings. The van der Waals surface area contributed by atoms with Crippen molar-refractivity contribution < 1.29 is 5.11 Å². The summed E-state index contributed by atoms with van der Waals surface area (Å²) in [7, 11) is 0. The normalized spacial score (nSPS) is 16.1. The van der Waals surface area contributed by atoms with E-state index >= 15 is 0 Å². The highest BCUT2D eigenvalue weighted by Crippen LogP contribution is 2.30. The summed E-state index contributed by atoms with van der Waals surface area (Å²) in [6, 6.07) is 12.8. The van der Waals surface area contributed by atoms with E-state index in [2.05, 4.69) is 52.0 Å². The first-order valence-corrected chi connectivity index (χ1v) is 8.46. The Bertz CT molecular complexity index is 548. The SMILES string of the molecule is OCC1CCN(c2ccccc2NCc2cccs2)CC1. The third-order valence-electron chi connectivity index (χ3n) is 4.15. The minimum Gasteiger partial charge on any atom is -0.396 e. The van der Waals surface area contributed by atoms with Crippen molar-refractivity contribution in [3.05, 3.63) is 46.7 Å². The molecule has 3 nitrogen and oxygen atoms in total. The highest BCUT2D eigenvalue weighted by Gasteiger charge is 2.20. The van der Waals surface area contributed by atoms with Crippen LogP contribution in [0.5, 0.6) is 0 Å². The Labute approximate surface area is 130 Å². The molecule has 2 heterocycles. The molecule has 1 aliphatic rings. The molecule has 0 unspecified atom stereocenters. The van der Waals surface area contributed by atoms with Crippen molar-refractivity contribution in [2.45, 2.75) is 19.4 Å². The maximum absolute atomic E-state index is 9.26. The molecule has 0 radical (unpaired) electrons. The summed E-state index contributed by atoms with van der Waals surface area (Å²) in [5, 5.41) is 14.9. The van der Waals surface area contributed by atoms with Crippen molar-refractivity contribution in [1.82, 2.24) is 0 Å². The number of hydrogen-bond acceptors (Lipinski definition) is 4. The predicted octanol–water partition coefficient (Wildman–Crippen LogP) is 3.57. The zero-order chi connectivity index (χ0) is 14.5. The first-order chi connectivity index (χ1) is 10.4. The molecule has 1 fully saturated rings. The number of anilines is 2. The van der Waals surface area contributed by atoms with Crippen LogP contribution in [0.4, 0.5) is 11.4 Å². The van der Waals surface area contributed by atoms with Crippen molar-refractivity contribution in [1.29, 1.82) is 0 Å². The van der Waals surface area contributed by atoms with Gasteiger partial charge in [-0.2, -0.15) is 0 Å². The lowest BCUT2D eigenvalue weighted by molar-refractivity contribution is 0.203. The lowest BCUT2D eigenvalue weighted by Gasteiger charge is -2.34. The molecule has 0 amide bonds. The van der Waals surface area contributed by atoms with Gasteiger partial charge in [-0.3, -0.25) is 0 Å². The van der Waals surface area contributed by atoms with Gasteiger partial charge in [-0.1, -0.05) is 18.2 Å². The molecule has 112 valence electrons. The van der Waals surface area contributed by atoms with Crippen molar-refractivity contribution >= 4 is 22.7 Å². The molecule has 3 rings (SSSR count). The second kappa shape index (κ2) is 6.96. The number of aliphatic hydroxyl groups excluding tert-OH is 1. The summed E-state index contributed by atoms with van der Waals surface area (Å²) in [6.07, 6.45) is 2.16. The zero-order valence-corrected chi connectivity index (χ0v) is 13.0. The van der Waals surface area contributed by atoms with Crippen LogP contribution in [0.25, 0.3) is 0 Å². The highest BCUT2D eigenvalue weighted by atomic mass is 32.1. The molecule has 1 aliphatic heterocycles. The number of hydrogen-bond donors (Lipinski definition) is 2. The minimum atomic E-state index is 0.326. The summed E-state index contributed by atoms with van der Waals surface area (Å²) in [4.78, 5) is 3.78. The summed E-state index contributed by atoms with van der Waals surface area (Å²) in [5.41, 5.74) is 2.48. The molecular formula is C17H22N2OS. The van der Waals surface area contributed by atoms with Gasteiger partial charge in [-0.25, -0.2) is 0 Å². The first kappa shape index (κ1) is 14.4. The van der Waals surface area contributed by atoms with Gasteiger partial charge in [0, 0.05) is 31.1 Å². The number of nitrogens with zero attached hydrogens (tertiary/aromatic N) is 1. The van der Waals surface area contributed by atoms with Crippen molar-refractivity contribution in [2.75, 3.05) is 29.9 Å². The topological polar surface area (TPSA) is 35.5 Å². The number of rotatable bonds is 5. The molecule has 0 bridgehead atoms. The molecule has 0 saturated carbocycles. The number of para-hydroxylation sites is 2. The molecule has 21 heavy (non-hydrogen) atoms. The molecule has 0 spiro atoms. The maximum atomic E-state index is 9.26. The van der Waals surface area contributed by atoms with Crippen molar-refractivity contribution in [3.8, 4) is 0 Å². The predicted molar refractivity (Wildman–Crippen MR) is 90.1 cm³/mol. The van der Waals surface area contributed by atoms with E-state index in [1.54, 1.807) is 11.3 Å². The van der Waals surface area contributed by atoms with E-state index in [-0.39, 0.29) is 0 Å². The van der Waals surface area contributed by atoms with Gasteiger partial charge in [-0.05, 0) is 42.3 Å². The molecular weight excluding hydrogens is 280 g/mol. The fraction of sp³-hybridized carbons (Fsp3) is 0.412. The Morgan fingerprint density at radius 2 is 1.95 bits per heavy atom. The molecule has 2 N–H and O–H groups in total. The number of thiophene rings is 1. The van der Waals surface area contributed by atoms with Crippen LogP contribution < -0.4 is 10.2 Å². The maximum Gasteiger partial charge on any atom is 0.0602 e. The summed E-state index contributed by atoms with van der Waals surface area (Å²) in [5.74, 6) is 0.479. The standard InChI is InChI=1S/C17H22N2OS/c20-13-14-7-9-19(10-8-14)17-6-2-1-5-16(17)18-12-15-4-3-11-21-15/h1-6,11,14,18,20H,7-10,12-13H2. The van der Waals surface area contributed by atoms with Crippen LogP contribution in [0.15, 0.2) is 41.8 Å². The monoisotopic (exact) mass is 302 g/mol. The number of nitrogens with one attached hydrogen (secondary N) is 1. The molecule has 1 aromatic heterocycles. The van der Waals surface area contributed by atoms with Crippen LogP contribution in [0, 0.1) is 5.92 Å². The average Bonchev–Trinajstić information content (AvgIpc) is 3.07. The largest absolute Gasteiger partial charge is 0.396 e. The van der Waals surface area contributed by atoms with Crippen LogP contribution >= 0.6 is 11.3 Å². The van der Waals surface area contributed by atoms with E-state index in [1.165, 1.54) is 16.3 Å². The van der Waals surface area contributed by atoms with Gasteiger partial charge in [-0.15, -0.1) is 11.3 Å². The molecule has 0 atom stereocenters. The summed E-state index contributed by atoms with van der Waals surface area (Å²) >= 11 is 1.78. The Morgan fingerprint density at radius 1 is 1.14 bits per heavy atom. The van der Waals surface area contributed by atoms with Crippen molar-refractivity contribution in [2.24, 2.45) is 5.92 Å². The number of aliphatic hydroxyl groups is 1. The Kier molecular flexibility index (Phi) is 4.78. The van der Waals surface area contributed by atoms with Gasteiger partial charge >= 0.3 is 0 Å². The lowest BCUT2D eigenvalue weighted by Crippen LogP contribution is -2.35. The van der Waals surface area contributed by atoms with Crippen LogP contribution in [0.2, 0.25) is 0 Å². The Balaban J connectivity index is 1.67. The first-order valence-electron chi connectivity index (χ1n) is 7.58. The fourth-order valence-electron chi connectivity index (χ4n) is 2.85. The van der Waals surface area contributed by atoms with E-state index in [0.29, 0.717) is 12.5 Å².